The fraction of sp³-hybridized carbons (Fsp3) is 0.316. The van der Waals surface area contributed by atoms with Crippen molar-refractivity contribution in [2.24, 2.45) is 0 Å². The van der Waals surface area contributed by atoms with Crippen LogP contribution in [0, 0.1) is 0 Å². The van der Waals surface area contributed by atoms with Crippen LogP contribution in [0.25, 0.3) is 0 Å². The fourth-order valence-electron chi connectivity index (χ4n) is 2.23. The fourth-order valence-corrected chi connectivity index (χ4v) is 2.23. The minimum atomic E-state index is -0.338. The van der Waals surface area contributed by atoms with Crippen LogP contribution in [0.2, 0.25) is 0 Å². The van der Waals surface area contributed by atoms with E-state index in [1.165, 1.54) is 12.3 Å². The van der Waals surface area contributed by atoms with Gasteiger partial charge in [0.1, 0.15) is 11.4 Å². The second kappa shape index (κ2) is 10.1. The molecule has 0 aliphatic heterocycles. The van der Waals surface area contributed by atoms with Crippen molar-refractivity contribution in [1.29, 1.82) is 0 Å². The number of nitrogens with one attached hydrogen (secondary N) is 2. The Kier molecular flexibility index (Phi) is 7.57. The Morgan fingerprint density at radius 2 is 1.81 bits per heavy atom. The van der Waals surface area contributed by atoms with Gasteiger partial charge in [-0.2, -0.15) is 0 Å². The molecule has 0 saturated carbocycles. The molecule has 0 spiro atoms. The SMILES string of the molecule is COCCCNC(=O)c1ccnc(C(=O)NCc2ccc(OC)cc2)c1. The van der Waals surface area contributed by atoms with Crippen molar-refractivity contribution in [3.05, 3.63) is 59.4 Å². The highest BCUT2D eigenvalue weighted by Crippen LogP contribution is 2.11. The quantitative estimate of drug-likeness (QED) is 0.668. The summed E-state index contributed by atoms with van der Waals surface area (Å²) in [7, 11) is 3.21. The second-order valence-electron chi connectivity index (χ2n) is 5.56. The number of nitrogens with zero attached hydrogens (tertiary/aromatic N) is 1. The zero-order valence-corrected chi connectivity index (χ0v) is 15.0. The summed E-state index contributed by atoms with van der Waals surface area (Å²) in [6, 6.07) is 10.5. The molecule has 0 atom stereocenters. The van der Waals surface area contributed by atoms with E-state index in [4.69, 9.17) is 9.47 Å². The Hall–Kier alpha value is -2.93. The minimum absolute atomic E-state index is 0.197. The maximum Gasteiger partial charge on any atom is 0.270 e. The van der Waals surface area contributed by atoms with Gasteiger partial charge >= 0.3 is 0 Å². The van der Waals surface area contributed by atoms with Crippen molar-refractivity contribution in [3.63, 3.8) is 0 Å². The van der Waals surface area contributed by atoms with Crippen molar-refractivity contribution in [2.75, 3.05) is 27.4 Å². The zero-order chi connectivity index (χ0) is 18.8. The molecule has 1 heterocycles. The lowest BCUT2D eigenvalue weighted by atomic mass is 10.2. The highest BCUT2D eigenvalue weighted by atomic mass is 16.5. The third kappa shape index (κ3) is 5.86. The molecule has 1 aromatic carbocycles. The first kappa shape index (κ1) is 19.4. The molecule has 2 N–H and O–H groups in total. The van der Waals surface area contributed by atoms with Crippen LogP contribution in [-0.2, 0) is 11.3 Å². The summed E-state index contributed by atoms with van der Waals surface area (Å²) in [5, 5.41) is 5.57. The third-order valence-electron chi connectivity index (χ3n) is 3.68. The number of carbonyl (C=O) groups excluding carboxylic acids is 2. The van der Waals surface area contributed by atoms with E-state index in [1.807, 2.05) is 24.3 Å². The second-order valence-corrected chi connectivity index (χ2v) is 5.56. The molecule has 0 aliphatic rings. The van der Waals surface area contributed by atoms with Crippen molar-refractivity contribution >= 4 is 11.8 Å². The van der Waals surface area contributed by atoms with E-state index in [-0.39, 0.29) is 17.5 Å². The molecule has 7 nitrogen and oxygen atoms in total. The maximum absolute atomic E-state index is 12.3. The molecule has 2 aromatic rings. The number of hydrogen-bond donors (Lipinski definition) is 2. The van der Waals surface area contributed by atoms with Crippen LogP contribution in [0.3, 0.4) is 0 Å². The normalized spacial score (nSPS) is 10.2. The summed E-state index contributed by atoms with van der Waals surface area (Å²) in [5.74, 6) is 0.175. The molecule has 0 bridgehead atoms. The number of carbonyl (C=O) groups is 2. The smallest absolute Gasteiger partial charge is 0.270 e. The van der Waals surface area contributed by atoms with Gasteiger partial charge in [-0.05, 0) is 36.2 Å². The highest BCUT2D eigenvalue weighted by molar-refractivity contribution is 5.98. The largest absolute Gasteiger partial charge is 0.497 e. The molecule has 1 aromatic heterocycles. The van der Waals surface area contributed by atoms with Crippen LogP contribution in [0.5, 0.6) is 5.75 Å². The van der Waals surface area contributed by atoms with Crippen LogP contribution < -0.4 is 15.4 Å². The molecule has 2 rings (SSSR count). The van der Waals surface area contributed by atoms with Crippen LogP contribution in [0.4, 0.5) is 0 Å². The lowest BCUT2D eigenvalue weighted by Crippen LogP contribution is -2.27. The Morgan fingerprint density at radius 3 is 2.50 bits per heavy atom. The van der Waals surface area contributed by atoms with Gasteiger partial charge in [-0.1, -0.05) is 12.1 Å². The summed E-state index contributed by atoms with van der Waals surface area (Å²) in [6.45, 7) is 1.45. The summed E-state index contributed by atoms with van der Waals surface area (Å²) in [6.07, 6.45) is 2.18. The van der Waals surface area contributed by atoms with Gasteiger partial charge < -0.3 is 20.1 Å². The van der Waals surface area contributed by atoms with Gasteiger partial charge in [0.05, 0.1) is 7.11 Å². The number of pyridine rings is 1. The topological polar surface area (TPSA) is 89.5 Å². The monoisotopic (exact) mass is 357 g/mol. The van der Waals surface area contributed by atoms with E-state index in [2.05, 4.69) is 15.6 Å². The molecule has 0 aliphatic carbocycles. The lowest BCUT2D eigenvalue weighted by molar-refractivity contribution is 0.0946. The number of benzene rings is 1. The van der Waals surface area contributed by atoms with Gasteiger partial charge in [0.2, 0.25) is 0 Å². The molecule has 0 saturated heterocycles. The highest BCUT2D eigenvalue weighted by Gasteiger charge is 2.11. The van der Waals surface area contributed by atoms with E-state index in [0.717, 1.165) is 17.7 Å². The van der Waals surface area contributed by atoms with Crippen LogP contribution in [-0.4, -0.2) is 44.2 Å². The summed E-state index contributed by atoms with van der Waals surface area (Å²) < 4.78 is 10.0. The Balaban J connectivity index is 1.91. The van der Waals surface area contributed by atoms with Gasteiger partial charge in [0.15, 0.2) is 0 Å². The number of rotatable bonds is 9. The maximum atomic E-state index is 12.3. The number of methoxy groups -OCH3 is 2. The first-order chi connectivity index (χ1) is 12.6. The molecule has 26 heavy (non-hydrogen) atoms. The summed E-state index contributed by atoms with van der Waals surface area (Å²) in [5.41, 5.74) is 1.53. The molecular weight excluding hydrogens is 334 g/mol. The predicted octanol–water partition coefficient (Wildman–Crippen LogP) is 1.79. The van der Waals surface area contributed by atoms with E-state index < -0.39 is 0 Å². The zero-order valence-electron chi connectivity index (χ0n) is 15.0. The van der Waals surface area contributed by atoms with E-state index >= 15 is 0 Å². The summed E-state index contributed by atoms with van der Waals surface area (Å²) in [4.78, 5) is 28.4. The van der Waals surface area contributed by atoms with E-state index in [0.29, 0.717) is 25.3 Å². The van der Waals surface area contributed by atoms with E-state index in [9.17, 15) is 9.59 Å². The molecular formula is C19H23N3O4. The Morgan fingerprint density at radius 1 is 1.04 bits per heavy atom. The van der Waals surface area contributed by atoms with Crippen molar-refractivity contribution in [1.82, 2.24) is 15.6 Å². The first-order valence-corrected chi connectivity index (χ1v) is 8.28. The lowest BCUT2D eigenvalue weighted by Gasteiger charge is -2.08. The van der Waals surface area contributed by atoms with Crippen molar-refractivity contribution < 1.29 is 19.1 Å². The van der Waals surface area contributed by atoms with Crippen LogP contribution >= 0.6 is 0 Å². The van der Waals surface area contributed by atoms with Crippen LogP contribution in [0.15, 0.2) is 42.6 Å². The number of amides is 2. The number of hydrogen-bond acceptors (Lipinski definition) is 5. The average molecular weight is 357 g/mol. The van der Waals surface area contributed by atoms with Gasteiger partial charge in [-0.25, -0.2) is 0 Å². The van der Waals surface area contributed by atoms with Gasteiger partial charge in [0, 0.05) is 38.6 Å². The standard InChI is InChI=1S/C19H23N3O4/c1-25-11-3-9-21-18(23)15-8-10-20-17(12-15)19(24)22-13-14-4-6-16(26-2)7-5-14/h4-8,10,12H,3,9,11,13H2,1-2H3,(H,21,23)(H,22,24). The van der Waals surface area contributed by atoms with Gasteiger partial charge in [0.25, 0.3) is 11.8 Å². The molecule has 138 valence electrons. The molecule has 2 amide bonds. The Labute approximate surface area is 152 Å². The predicted molar refractivity (Wildman–Crippen MR) is 97.2 cm³/mol. The summed E-state index contributed by atoms with van der Waals surface area (Å²) >= 11 is 0. The van der Waals surface area contributed by atoms with Crippen LogP contribution in [0.1, 0.15) is 32.8 Å². The molecule has 0 fully saturated rings. The molecule has 7 heteroatoms. The average Bonchev–Trinajstić information content (AvgIpc) is 2.69. The van der Waals surface area contributed by atoms with E-state index in [1.54, 1.807) is 20.3 Å². The molecule has 0 radical (unpaired) electrons. The van der Waals surface area contributed by atoms with Gasteiger partial charge in [-0.15, -0.1) is 0 Å². The Bertz CT molecular complexity index is 732. The minimum Gasteiger partial charge on any atom is -0.497 e. The number of ether oxygens (including phenoxy) is 2. The third-order valence-corrected chi connectivity index (χ3v) is 3.68. The van der Waals surface area contributed by atoms with Crippen molar-refractivity contribution in [2.45, 2.75) is 13.0 Å². The van der Waals surface area contributed by atoms with Gasteiger partial charge in [-0.3, -0.25) is 14.6 Å². The first-order valence-electron chi connectivity index (χ1n) is 8.28. The van der Waals surface area contributed by atoms with Crippen molar-refractivity contribution in [3.8, 4) is 5.75 Å². The molecule has 0 unspecified atom stereocenters. The number of aromatic nitrogens is 1.